The number of carbonyl (C=O) groups excluding carboxylic acids is 1. The lowest BCUT2D eigenvalue weighted by molar-refractivity contribution is -0.134. The first-order valence-electron chi connectivity index (χ1n) is 10.6. The van der Waals surface area contributed by atoms with Crippen LogP contribution in [-0.2, 0) is 21.4 Å². The van der Waals surface area contributed by atoms with Gasteiger partial charge in [-0.2, -0.15) is 10.2 Å². The molecule has 0 N–H and O–H groups in total. The number of aromatic nitrogens is 2. The van der Waals surface area contributed by atoms with Crippen LogP contribution in [0.2, 0.25) is 0 Å². The highest BCUT2D eigenvalue weighted by Crippen LogP contribution is 2.33. The minimum absolute atomic E-state index is 0.119. The fraction of sp³-hybridized carbons (Fsp3) is 0.348. The average molecular weight is 470 g/mol. The van der Waals surface area contributed by atoms with Crippen LogP contribution in [0.1, 0.15) is 40.7 Å². The molecular weight excluding hydrogens is 442 g/mol. The molecule has 2 aromatic heterocycles. The van der Waals surface area contributed by atoms with E-state index in [-0.39, 0.29) is 23.4 Å². The monoisotopic (exact) mass is 469 g/mol. The fourth-order valence-electron chi connectivity index (χ4n) is 3.95. The molecule has 3 heterocycles. The van der Waals surface area contributed by atoms with Gasteiger partial charge in [0.25, 0.3) is 5.91 Å². The van der Waals surface area contributed by atoms with Crippen LogP contribution >= 0.6 is 0 Å². The number of nitrogens with zero attached hydrogens (tertiary/aromatic N) is 5. The Morgan fingerprint density at radius 2 is 1.85 bits per heavy atom. The molecule has 0 fully saturated rings. The van der Waals surface area contributed by atoms with Crippen LogP contribution < -0.4 is 0 Å². The Hall–Kier alpha value is -3.24. The molecule has 1 atom stereocenters. The Morgan fingerprint density at radius 1 is 1.15 bits per heavy atom. The van der Waals surface area contributed by atoms with Crippen molar-refractivity contribution in [1.29, 1.82) is 0 Å². The lowest BCUT2D eigenvalue weighted by Crippen LogP contribution is -2.31. The van der Waals surface area contributed by atoms with Gasteiger partial charge in [-0.1, -0.05) is 29.8 Å². The molecule has 1 aliphatic heterocycles. The maximum Gasteiger partial charge on any atom is 0.265 e. The molecule has 0 bridgehead atoms. The summed E-state index contributed by atoms with van der Waals surface area (Å²) in [5.74, 6) is 0.330. The van der Waals surface area contributed by atoms with Gasteiger partial charge in [0.1, 0.15) is 23.2 Å². The molecule has 0 aliphatic carbocycles. The third-order valence-corrected chi connectivity index (χ3v) is 7.83. The molecule has 0 saturated heterocycles. The van der Waals surface area contributed by atoms with Crippen molar-refractivity contribution in [1.82, 2.24) is 19.1 Å². The van der Waals surface area contributed by atoms with Gasteiger partial charge in [-0.15, -0.1) is 0 Å². The summed E-state index contributed by atoms with van der Waals surface area (Å²) in [5.41, 5.74) is 3.63. The predicted octanol–water partition coefficient (Wildman–Crippen LogP) is 3.03. The van der Waals surface area contributed by atoms with Crippen LogP contribution in [0.5, 0.6) is 0 Å². The topological polar surface area (TPSA) is 101 Å². The van der Waals surface area contributed by atoms with Gasteiger partial charge in [0.15, 0.2) is 0 Å². The van der Waals surface area contributed by atoms with Crippen molar-refractivity contribution < 1.29 is 17.6 Å². The van der Waals surface area contributed by atoms with Crippen molar-refractivity contribution >= 4 is 21.6 Å². The van der Waals surface area contributed by atoms with Crippen molar-refractivity contribution in [3.63, 3.8) is 0 Å². The Balaban J connectivity index is 1.66. The van der Waals surface area contributed by atoms with E-state index in [1.165, 1.54) is 23.8 Å². The zero-order valence-electron chi connectivity index (χ0n) is 19.3. The summed E-state index contributed by atoms with van der Waals surface area (Å²) in [7, 11) is -0.747. The number of carbonyl (C=O) groups is 1. The predicted molar refractivity (Wildman–Crippen MR) is 123 cm³/mol. The molecule has 10 heteroatoms. The van der Waals surface area contributed by atoms with E-state index in [1.807, 2.05) is 37.3 Å². The number of rotatable bonds is 6. The van der Waals surface area contributed by atoms with Crippen LogP contribution in [-0.4, -0.2) is 53.2 Å². The fourth-order valence-corrected chi connectivity index (χ4v) is 5.21. The van der Waals surface area contributed by atoms with Gasteiger partial charge in [0.2, 0.25) is 10.0 Å². The highest BCUT2D eigenvalue weighted by Gasteiger charge is 2.36. The van der Waals surface area contributed by atoms with E-state index in [0.29, 0.717) is 23.6 Å². The minimum atomic E-state index is -3.68. The van der Waals surface area contributed by atoms with Gasteiger partial charge in [0.05, 0.1) is 23.4 Å². The number of sulfonamides is 1. The number of amides is 1. The van der Waals surface area contributed by atoms with Crippen molar-refractivity contribution in [2.45, 2.75) is 44.7 Å². The first kappa shape index (κ1) is 22.9. The Bertz CT molecular complexity index is 1310. The molecule has 0 spiro atoms. The third-order valence-electron chi connectivity index (χ3n) is 5.76. The lowest BCUT2D eigenvalue weighted by atomic mass is 10.0. The molecule has 4 rings (SSSR count). The van der Waals surface area contributed by atoms with Crippen LogP contribution in [0, 0.1) is 20.8 Å². The van der Waals surface area contributed by atoms with E-state index in [2.05, 4.69) is 10.2 Å². The van der Waals surface area contributed by atoms with E-state index >= 15 is 0 Å². The van der Waals surface area contributed by atoms with Crippen molar-refractivity contribution in [3.8, 4) is 0 Å². The Morgan fingerprint density at radius 3 is 2.45 bits per heavy atom. The highest BCUT2D eigenvalue weighted by atomic mass is 32.2. The molecule has 0 radical (unpaired) electrons. The quantitative estimate of drug-likeness (QED) is 0.552. The number of benzene rings is 1. The zero-order valence-corrected chi connectivity index (χ0v) is 20.1. The van der Waals surface area contributed by atoms with Crippen LogP contribution in [0.4, 0.5) is 0 Å². The second-order valence-electron chi connectivity index (χ2n) is 8.33. The molecule has 174 valence electrons. The van der Waals surface area contributed by atoms with E-state index in [9.17, 15) is 13.2 Å². The largest absolute Gasteiger partial charge is 0.467 e. The molecule has 9 nitrogen and oxygen atoms in total. The van der Waals surface area contributed by atoms with E-state index in [0.717, 1.165) is 21.1 Å². The van der Waals surface area contributed by atoms with Gasteiger partial charge in [-0.25, -0.2) is 17.7 Å². The molecule has 1 aromatic carbocycles. The summed E-state index contributed by atoms with van der Waals surface area (Å²) >= 11 is 0. The summed E-state index contributed by atoms with van der Waals surface area (Å²) < 4.78 is 33.6. The number of furan rings is 1. The van der Waals surface area contributed by atoms with Gasteiger partial charge in [-0.05, 0) is 38.5 Å². The average Bonchev–Trinajstić information content (AvgIpc) is 3.48. The van der Waals surface area contributed by atoms with Crippen molar-refractivity contribution in [2.75, 3.05) is 14.1 Å². The lowest BCUT2D eigenvalue weighted by Gasteiger charge is -2.20. The Kier molecular flexibility index (Phi) is 5.98. The maximum absolute atomic E-state index is 13.4. The van der Waals surface area contributed by atoms with E-state index in [4.69, 9.17) is 4.42 Å². The van der Waals surface area contributed by atoms with Crippen LogP contribution in [0.15, 0.2) is 57.1 Å². The molecule has 1 aliphatic rings. The molecule has 0 saturated carbocycles. The number of hydrogen-bond acceptors (Lipinski definition) is 6. The van der Waals surface area contributed by atoms with Gasteiger partial charge < -0.3 is 4.42 Å². The molecule has 1 amide bonds. The second kappa shape index (κ2) is 8.60. The van der Waals surface area contributed by atoms with Crippen LogP contribution in [0.25, 0.3) is 0 Å². The summed E-state index contributed by atoms with van der Waals surface area (Å²) in [5, 5.41) is 10.4. The number of hydrazone groups is 1. The Labute approximate surface area is 193 Å². The normalized spacial score (nSPS) is 16.5. The van der Waals surface area contributed by atoms with E-state index in [1.54, 1.807) is 26.2 Å². The standard InChI is InChI=1S/C23H27N5O4S/c1-15-8-10-18(11-9-15)19-13-20(21-7-6-12-32-21)28(25-19)22(29)14-27-17(3)23(16(2)24-27)33(30,31)26(4)5/h6-12,20H,13-14H2,1-5H3/t20-/m1/s1. The van der Waals surface area contributed by atoms with Crippen molar-refractivity contribution in [2.24, 2.45) is 5.10 Å². The number of aryl methyl sites for hydroxylation is 2. The first-order chi connectivity index (χ1) is 15.6. The summed E-state index contributed by atoms with van der Waals surface area (Å²) in [6, 6.07) is 11.2. The molecule has 3 aromatic rings. The highest BCUT2D eigenvalue weighted by molar-refractivity contribution is 7.89. The minimum Gasteiger partial charge on any atom is -0.467 e. The van der Waals surface area contributed by atoms with Gasteiger partial charge in [0, 0.05) is 20.5 Å². The summed E-state index contributed by atoms with van der Waals surface area (Å²) in [6.45, 7) is 5.15. The smallest absolute Gasteiger partial charge is 0.265 e. The van der Waals surface area contributed by atoms with Gasteiger partial charge >= 0.3 is 0 Å². The zero-order chi connectivity index (χ0) is 23.9. The third kappa shape index (κ3) is 4.23. The van der Waals surface area contributed by atoms with Gasteiger partial charge in [-0.3, -0.25) is 9.48 Å². The first-order valence-corrected chi connectivity index (χ1v) is 12.0. The van der Waals surface area contributed by atoms with Crippen LogP contribution in [0.3, 0.4) is 0 Å². The molecule has 33 heavy (non-hydrogen) atoms. The summed E-state index contributed by atoms with van der Waals surface area (Å²) in [4.78, 5) is 13.5. The SMILES string of the molecule is Cc1ccc(C2=NN(C(=O)Cn3nc(C)c(S(=O)(=O)N(C)C)c3C)[C@@H](c3ccco3)C2)cc1. The van der Waals surface area contributed by atoms with Crippen molar-refractivity contribution in [3.05, 3.63) is 70.9 Å². The van der Waals surface area contributed by atoms with E-state index < -0.39 is 10.0 Å². The maximum atomic E-state index is 13.4. The summed E-state index contributed by atoms with van der Waals surface area (Å²) in [6.07, 6.45) is 2.08. The number of hydrogen-bond donors (Lipinski definition) is 0. The molecule has 0 unspecified atom stereocenters. The molecular formula is C23H27N5O4S. The second-order valence-corrected chi connectivity index (χ2v) is 10.4.